The van der Waals surface area contributed by atoms with Crippen molar-refractivity contribution < 1.29 is 19.1 Å². The molecule has 32 heavy (non-hydrogen) atoms. The van der Waals surface area contributed by atoms with Gasteiger partial charge in [-0.2, -0.15) is 0 Å². The number of amides is 2. The van der Waals surface area contributed by atoms with Gasteiger partial charge in [0.1, 0.15) is 17.6 Å². The van der Waals surface area contributed by atoms with Gasteiger partial charge in [0.05, 0.1) is 16.8 Å². The van der Waals surface area contributed by atoms with Crippen LogP contribution in [0.25, 0.3) is 11.0 Å². The van der Waals surface area contributed by atoms with Crippen LogP contribution in [-0.4, -0.2) is 52.7 Å². The maximum absolute atomic E-state index is 12.5. The molecule has 0 saturated carbocycles. The number of carbonyl (C=O) groups excluding carboxylic acids is 3. The Hall–Kier alpha value is -3.79. The largest absolute Gasteiger partial charge is 0.482 e. The minimum Gasteiger partial charge on any atom is -0.482 e. The van der Waals surface area contributed by atoms with Crippen LogP contribution >= 0.6 is 0 Å². The van der Waals surface area contributed by atoms with E-state index >= 15 is 0 Å². The molecule has 3 heterocycles. The summed E-state index contributed by atoms with van der Waals surface area (Å²) in [7, 11) is 1.98. The van der Waals surface area contributed by atoms with Crippen LogP contribution in [0.1, 0.15) is 46.7 Å². The number of anilines is 1. The van der Waals surface area contributed by atoms with Crippen LogP contribution in [-0.2, 0) is 11.3 Å². The fourth-order valence-corrected chi connectivity index (χ4v) is 2.93. The molecule has 10 heteroatoms. The monoisotopic (exact) mass is 438 g/mol. The van der Waals surface area contributed by atoms with Gasteiger partial charge in [0.15, 0.2) is 18.6 Å². The molecule has 10 nitrogen and oxygen atoms in total. The highest BCUT2D eigenvalue weighted by molar-refractivity contribution is 6.06. The van der Waals surface area contributed by atoms with E-state index in [0.717, 1.165) is 5.56 Å². The maximum atomic E-state index is 12.5. The molecule has 3 aromatic rings. The molecule has 0 bridgehead atoms. The number of rotatable bonds is 6. The normalized spacial score (nSPS) is 13.2. The van der Waals surface area contributed by atoms with Crippen molar-refractivity contribution in [1.82, 2.24) is 25.6 Å². The van der Waals surface area contributed by atoms with Crippen LogP contribution in [0.15, 0.2) is 30.7 Å². The number of carbonyl (C=O) groups is 3. The summed E-state index contributed by atoms with van der Waals surface area (Å²) >= 11 is 0. The summed E-state index contributed by atoms with van der Waals surface area (Å²) in [6.07, 6.45) is 4.60. The van der Waals surface area contributed by atoms with Crippen molar-refractivity contribution in [2.24, 2.45) is 0 Å². The number of benzene rings is 1. The highest BCUT2D eigenvalue weighted by Gasteiger charge is 2.18. The Labute approximate surface area is 185 Å². The summed E-state index contributed by atoms with van der Waals surface area (Å²) in [6, 6.07) is 5.96. The van der Waals surface area contributed by atoms with E-state index in [1.165, 1.54) is 18.9 Å². The van der Waals surface area contributed by atoms with Crippen LogP contribution < -0.4 is 20.7 Å². The van der Waals surface area contributed by atoms with Crippen LogP contribution in [0, 0.1) is 0 Å². The van der Waals surface area contributed by atoms with Gasteiger partial charge in [-0.3, -0.25) is 14.4 Å². The Kier molecular flexibility index (Phi) is 7.50. The number of aldehydes is 1. The first-order valence-corrected chi connectivity index (χ1v) is 10.2. The van der Waals surface area contributed by atoms with Crippen molar-refractivity contribution >= 4 is 34.8 Å². The molecule has 1 aliphatic rings. The number of aromatic amines is 1. The molecule has 4 rings (SSSR count). The van der Waals surface area contributed by atoms with Crippen LogP contribution in [0.5, 0.6) is 5.75 Å². The number of ether oxygens (including phenoxy) is 1. The molecule has 2 amide bonds. The number of aromatic nitrogens is 3. The number of hydrogen-bond donors (Lipinski definition) is 4. The van der Waals surface area contributed by atoms with Gasteiger partial charge in [-0.25, -0.2) is 9.97 Å². The zero-order valence-electron chi connectivity index (χ0n) is 18.2. The van der Waals surface area contributed by atoms with Crippen molar-refractivity contribution in [1.29, 1.82) is 0 Å². The van der Waals surface area contributed by atoms with Crippen molar-refractivity contribution in [3.8, 4) is 5.75 Å². The smallest absolute Gasteiger partial charge is 0.272 e. The molecule has 0 aliphatic carbocycles. The molecule has 0 radical (unpaired) electrons. The van der Waals surface area contributed by atoms with E-state index in [0.29, 0.717) is 40.4 Å². The van der Waals surface area contributed by atoms with Gasteiger partial charge in [-0.05, 0) is 38.1 Å². The second kappa shape index (κ2) is 10.5. The SMILES string of the molecule is CCC(C)NC.O=Cc1c[nH]c2c(C(=O)NCc3ccc4c(c3)NC(=O)CO4)ncnc12. The van der Waals surface area contributed by atoms with Crippen molar-refractivity contribution in [2.75, 3.05) is 19.0 Å². The second-order valence-corrected chi connectivity index (χ2v) is 7.26. The van der Waals surface area contributed by atoms with Gasteiger partial charge < -0.3 is 25.7 Å². The molecule has 1 atom stereocenters. The Morgan fingerprint density at radius 3 is 2.84 bits per heavy atom. The number of fused-ring (bicyclic) bond motifs is 2. The van der Waals surface area contributed by atoms with Crippen LogP contribution in [0.2, 0.25) is 0 Å². The summed E-state index contributed by atoms with van der Waals surface area (Å²) in [5.41, 5.74) is 2.66. The number of nitrogens with one attached hydrogen (secondary N) is 4. The molecular weight excluding hydrogens is 412 g/mol. The van der Waals surface area contributed by atoms with Crippen LogP contribution in [0.3, 0.4) is 0 Å². The molecule has 4 N–H and O–H groups in total. The Balaban J connectivity index is 0.000000427. The van der Waals surface area contributed by atoms with E-state index in [-0.39, 0.29) is 24.8 Å². The average Bonchev–Trinajstić information content (AvgIpc) is 3.25. The lowest BCUT2D eigenvalue weighted by atomic mass is 10.1. The highest BCUT2D eigenvalue weighted by atomic mass is 16.5. The zero-order chi connectivity index (χ0) is 23.1. The zero-order valence-corrected chi connectivity index (χ0v) is 18.2. The third kappa shape index (κ3) is 5.27. The fraction of sp³-hybridized carbons (Fsp3) is 0.318. The summed E-state index contributed by atoms with van der Waals surface area (Å²) in [4.78, 5) is 45.7. The third-order valence-electron chi connectivity index (χ3n) is 5.07. The molecular formula is C22H26N6O4. The highest BCUT2D eigenvalue weighted by Crippen LogP contribution is 2.28. The first-order chi connectivity index (χ1) is 15.5. The van der Waals surface area contributed by atoms with Gasteiger partial charge in [-0.1, -0.05) is 13.0 Å². The minimum atomic E-state index is -0.408. The van der Waals surface area contributed by atoms with Gasteiger partial charge in [-0.15, -0.1) is 0 Å². The molecule has 1 unspecified atom stereocenters. The van der Waals surface area contributed by atoms with Gasteiger partial charge in [0.25, 0.3) is 11.8 Å². The summed E-state index contributed by atoms with van der Waals surface area (Å²) in [5, 5.41) is 8.59. The number of hydrogen-bond acceptors (Lipinski definition) is 7. The van der Waals surface area contributed by atoms with Gasteiger partial charge >= 0.3 is 0 Å². The predicted octanol–water partition coefficient (Wildman–Crippen LogP) is 2.04. The second-order valence-electron chi connectivity index (χ2n) is 7.26. The number of nitrogens with zero attached hydrogens (tertiary/aromatic N) is 2. The quantitative estimate of drug-likeness (QED) is 0.432. The maximum Gasteiger partial charge on any atom is 0.272 e. The fourth-order valence-electron chi connectivity index (χ4n) is 2.93. The van der Waals surface area contributed by atoms with Crippen molar-refractivity contribution in [2.45, 2.75) is 32.9 Å². The van der Waals surface area contributed by atoms with Gasteiger partial charge in [0, 0.05) is 18.8 Å². The standard InChI is InChI=1S/C17H13N5O4.C5H13N/c23-6-10-5-18-15-14(10)20-8-21-16(15)17(25)19-4-9-1-2-12-11(3-9)22-13(24)7-26-12;1-4-5(2)6-3/h1-3,5-6,8,18H,4,7H2,(H,19,25)(H,22,24);5-6H,4H2,1-3H3. The summed E-state index contributed by atoms with van der Waals surface area (Å²) in [5.74, 6) is -0.0422. The molecule has 168 valence electrons. The van der Waals surface area contributed by atoms with E-state index in [4.69, 9.17) is 4.74 Å². The molecule has 0 spiro atoms. The van der Waals surface area contributed by atoms with Crippen LogP contribution in [0.4, 0.5) is 5.69 Å². The molecule has 1 aliphatic heterocycles. The Morgan fingerprint density at radius 2 is 2.16 bits per heavy atom. The average molecular weight is 438 g/mol. The summed E-state index contributed by atoms with van der Waals surface area (Å²) in [6.45, 7) is 4.56. The van der Waals surface area contributed by atoms with E-state index in [1.807, 2.05) is 7.05 Å². The number of H-pyrrole nitrogens is 1. The van der Waals surface area contributed by atoms with E-state index in [1.54, 1.807) is 18.2 Å². The van der Waals surface area contributed by atoms with E-state index in [2.05, 4.69) is 44.7 Å². The van der Waals surface area contributed by atoms with E-state index in [9.17, 15) is 14.4 Å². The third-order valence-corrected chi connectivity index (χ3v) is 5.07. The molecule has 0 fully saturated rings. The molecule has 0 saturated heterocycles. The lowest BCUT2D eigenvalue weighted by Gasteiger charge is -2.18. The first kappa shape index (κ1) is 22.9. The minimum absolute atomic E-state index is 0.00822. The van der Waals surface area contributed by atoms with Gasteiger partial charge in [0.2, 0.25) is 0 Å². The predicted molar refractivity (Wildman–Crippen MR) is 120 cm³/mol. The van der Waals surface area contributed by atoms with Crippen molar-refractivity contribution in [3.63, 3.8) is 0 Å². The van der Waals surface area contributed by atoms with Crippen molar-refractivity contribution in [3.05, 3.63) is 47.5 Å². The van der Waals surface area contributed by atoms with E-state index < -0.39 is 5.91 Å². The lowest BCUT2D eigenvalue weighted by Crippen LogP contribution is -2.26. The Morgan fingerprint density at radius 1 is 1.34 bits per heavy atom. The topological polar surface area (TPSA) is 138 Å². The first-order valence-electron chi connectivity index (χ1n) is 10.2. The Bertz CT molecular complexity index is 1120. The molecule has 1 aromatic carbocycles. The lowest BCUT2D eigenvalue weighted by molar-refractivity contribution is -0.118. The summed E-state index contributed by atoms with van der Waals surface area (Å²) < 4.78 is 5.30. The molecule has 2 aromatic heterocycles.